The lowest BCUT2D eigenvalue weighted by Gasteiger charge is -2.18. The van der Waals surface area contributed by atoms with Crippen LogP contribution in [0.3, 0.4) is 0 Å². The SMILES string of the molecule is CC[C@@H](C)c1ccccc1NC(=O)[C@H](C)OC(=O)Cc1ccc(OC)cc1. The predicted molar refractivity (Wildman–Crippen MR) is 106 cm³/mol. The molecule has 0 aliphatic carbocycles. The Hall–Kier alpha value is -2.82. The van der Waals surface area contributed by atoms with E-state index >= 15 is 0 Å². The van der Waals surface area contributed by atoms with E-state index in [1.807, 2.05) is 24.3 Å². The monoisotopic (exact) mass is 369 g/mol. The van der Waals surface area contributed by atoms with E-state index in [0.717, 1.165) is 29.0 Å². The van der Waals surface area contributed by atoms with Crippen molar-refractivity contribution in [1.29, 1.82) is 0 Å². The van der Waals surface area contributed by atoms with Crippen LogP contribution in [0.25, 0.3) is 0 Å². The van der Waals surface area contributed by atoms with Crippen molar-refractivity contribution in [2.75, 3.05) is 12.4 Å². The molecule has 0 aliphatic rings. The van der Waals surface area contributed by atoms with Crippen LogP contribution in [0.5, 0.6) is 5.75 Å². The van der Waals surface area contributed by atoms with Crippen molar-refractivity contribution in [3.63, 3.8) is 0 Å². The van der Waals surface area contributed by atoms with Gasteiger partial charge in [-0.15, -0.1) is 0 Å². The molecule has 2 aromatic rings. The summed E-state index contributed by atoms with van der Waals surface area (Å²) in [6.07, 6.45) is 0.199. The van der Waals surface area contributed by atoms with Crippen LogP contribution >= 0.6 is 0 Å². The van der Waals surface area contributed by atoms with Crippen molar-refractivity contribution < 1.29 is 19.1 Å². The fraction of sp³-hybridized carbons (Fsp3) is 0.364. The number of carbonyl (C=O) groups is 2. The van der Waals surface area contributed by atoms with Crippen molar-refractivity contribution in [3.05, 3.63) is 59.7 Å². The van der Waals surface area contributed by atoms with E-state index in [1.54, 1.807) is 38.3 Å². The summed E-state index contributed by atoms with van der Waals surface area (Å²) < 4.78 is 10.4. The topological polar surface area (TPSA) is 64.6 Å². The highest BCUT2D eigenvalue weighted by Gasteiger charge is 2.20. The van der Waals surface area contributed by atoms with Gasteiger partial charge in [-0.05, 0) is 48.6 Å². The summed E-state index contributed by atoms with van der Waals surface area (Å²) in [6, 6.07) is 14.9. The number of anilines is 1. The second kappa shape index (κ2) is 9.76. The number of ether oxygens (including phenoxy) is 2. The maximum Gasteiger partial charge on any atom is 0.311 e. The number of carbonyl (C=O) groups excluding carboxylic acids is 2. The molecule has 0 spiro atoms. The van der Waals surface area contributed by atoms with E-state index in [-0.39, 0.29) is 12.3 Å². The van der Waals surface area contributed by atoms with Crippen LogP contribution in [0.1, 0.15) is 44.2 Å². The summed E-state index contributed by atoms with van der Waals surface area (Å²) in [7, 11) is 1.59. The molecule has 0 heterocycles. The lowest BCUT2D eigenvalue weighted by molar-refractivity contribution is -0.152. The molecule has 0 unspecified atom stereocenters. The Labute approximate surface area is 160 Å². The number of hydrogen-bond donors (Lipinski definition) is 1. The molecule has 2 atom stereocenters. The first kappa shape index (κ1) is 20.5. The van der Waals surface area contributed by atoms with Crippen molar-refractivity contribution >= 4 is 17.6 Å². The fourth-order valence-electron chi connectivity index (χ4n) is 2.70. The Morgan fingerprint density at radius 2 is 1.70 bits per heavy atom. The van der Waals surface area contributed by atoms with Crippen LogP contribution in [0.15, 0.2) is 48.5 Å². The summed E-state index contributed by atoms with van der Waals surface area (Å²) in [6.45, 7) is 5.79. The molecule has 27 heavy (non-hydrogen) atoms. The highest BCUT2D eigenvalue weighted by molar-refractivity contribution is 5.95. The predicted octanol–water partition coefficient (Wildman–Crippen LogP) is 4.32. The molecule has 0 fully saturated rings. The molecule has 0 radical (unpaired) electrons. The normalized spacial score (nSPS) is 12.7. The molecule has 0 aliphatic heterocycles. The van der Waals surface area contributed by atoms with Crippen LogP contribution in [-0.2, 0) is 20.7 Å². The van der Waals surface area contributed by atoms with Crippen LogP contribution < -0.4 is 10.1 Å². The standard InChI is InChI=1S/C22H27NO4/c1-5-15(2)19-8-6-7-9-20(19)23-22(25)16(3)27-21(24)14-17-10-12-18(26-4)13-11-17/h6-13,15-16H,5,14H2,1-4H3,(H,23,25)/t15-,16+/m1/s1. The number of nitrogens with one attached hydrogen (secondary N) is 1. The van der Waals surface area contributed by atoms with Crippen molar-refractivity contribution in [2.45, 2.75) is 45.6 Å². The third-order valence-corrected chi connectivity index (χ3v) is 4.55. The zero-order valence-electron chi connectivity index (χ0n) is 16.3. The maximum atomic E-state index is 12.4. The van der Waals surface area contributed by atoms with E-state index in [9.17, 15) is 9.59 Å². The Kier molecular flexibility index (Phi) is 7.41. The molecule has 0 saturated heterocycles. The summed E-state index contributed by atoms with van der Waals surface area (Å²) in [5.74, 6) is 0.265. The van der Waals surface area contributed by atoms with Crippen LogP contribution in [0.2, 0.25) is 0 Å². The van der Waals surface area contributed by atoms with Gasteiger partial charge in [0.2, 0.25) is 0 Å². The molecular weight excluding hydrogens is 342 g/mol. The number of methoxy groups -OCH3 is 1. The van der Waals surface area contributed by atoms with Gasteiger partial charge in [-0.25, -0.2) is 0 Å². The summed E-state index contributed by atoms with van der Waals surface area (Å²) >= 11 is 0. The van der Waals surface area contributed by atoms with Gasteiger partial charge in [-0.1, -0.05) is 44.2 Å². The zero-order chi connectivity index (χ0) is 19.8. The van der Waals surface area contributed by atoms with Gasteiger partial charge < -0.3 is 14.8 Å². The van der Waals surface area contributed by atoms with Gasteiger partial charge in [0.15, 0.2) is 6.10 Å². The Morgan fingerprint density at radius 1 is 1.04 bits per heavy atom. The average molecular weight is 369 g/mol. The molecule has 2 rings (SSSR count). The number of para-hydroxylation sites is 1. The summed E-state index contributed by atoms with van der Waals surface area (Å²) in [5.41, 5.74) is 2.63. The Balaban J connectivity index is 1.94. The average Bonchev–Trinajstić information content (AvgIpc) is 2.68. The van der Waals surface area contributed by atoms with Gasteiger partial charge in [0.25, 0.3) is 5.91 Å². The van der Waals surface area contributed by atoms with Crippen molar-refractivity contribution in [1.82, 2.24) is 0 Å². The molecule has 0 bridgehead atoms. The zero-order valence-corrected chi connectivity index (χ0v) is 16.3. The largest absolute Gasteiger partial charge is 0.497 e. The lowest BCUT2D eigenvalue weighted by atomic mass is 9.97. The van der Waals surface area contributed by atoms with Crippen molar-refractivity contribution in [3.8, 4) is 5.75 Å². The van der Waals surface area contributed by atoms with E-state index in [0.29, 0.717) is 5.92 Å². The van der Waals surface area contributed by atoms with Gasteiger partial charge in [-0.3, -0.25) is 9.59 Å². The molecule has 5 nitrogen and oxygen atoms in total. The second-order valence-electron chi connectivity index (χ2n) is 6.54. The lowest BCUT2D eigenvalue weighted by Crippen LogP contribution is -2.30. The summed E-state index contributed by atoms with van der Waals surface area (Å²) in [5, 5.41) is 2.88. The molecule has 0 aromatic heterocycles. The highest BCUT2D eigenvalue weighted by Crippen LogP contribution is 2.26. The highest BCUT2D eigenvalue weighted by atomic mass is 16.5. The molecule has 0 saturated carbocycles. The smallest absolute Gasteiger partial charge is 0.311 e. The van der Waals surface area contributed by atoms with Gasteiger partial charge in [-0.2, -0.15) is 0 Å². The van der Waals surface area contributed by atoms with E-state index in [2.05, 4.69) is 19.2 Å². The van der Waals surface area contributed by atoms with Crippen LogP contribution in [-0.4, -0.2) is 25.1 Å². The fourth-order valence-corrected chi connectivity index (χ4v) is 2.70. The molecule has 1 amide bonds. The number of amides is 1. The minimum atomic E-state index is -0.874. The first-order valence-electron chi connectivity index (χ1n) is 9.16. The second-order valence-corrected chi connectivity index (χ2v) is 6.54. The molecule has 1 N–H and O–H groups in total. The first-order chi connectivity index (χ1) is 12.9. The molecule has 2 aromatic carbocycles. The van der Waals surface area contributed by atoms with E-state index < -0.39 is 12.1 Å². The third kappa shape index (κ3) is 5.84. The van der Waals surface area contributed by atoms with Crippen LogP contribution in [0.4, 0.5) is 5.69 Å². The molecule has 144 valence electrons. The Morgan fingerprint density at radius 3 is 2.33 bits per heavy atom. The van der Waals surface area contributed by atoms with Crippen LogP contribution in [0, 0.1) is 0 Å². The summed E-state index contributed by atoms with van der Waals surface area (Å²) in [4.78, 5) is 24.6. The van der Waals surface area contributed by atoms with E-state index in [4.69, 9.17) is 9.47 Å². The molecular formula is C22H27NO4. The quantitative estimate of drug-likeness (QED) is 0.704. The van der Waals surface area contributed by atoms with Gasteiger partial charge in [0, 0.05) is 5.69 Å². The molecule has 5 heteroatoms. The van der Waals surface area contributed by atoms with Gasteiger partial charge >= 0.3 is 5.97 Å². The van der Waals surface area contributed by atoms with Gasteiger partial charge in [0.1, 0.15) is 5.75 Å². The van der Waals surface area contributed by atoms with Crippen molar-refractivity contribution in [2.24, 2.45) is 0 Å². The third-order valence-electron chi connectivity index (χ3n) is 4.55. The minimum absolute atomic E-state index is 0.102. The Bertz CT molecular complexity index is 770. The number of esters is 1. The van der Waals surface area contributed by atoms with Gasteiger partial charge in [0.05, 0.1) is 13.5 Å². The first-order valence-corrected chi connectivity index (χ1v) is 9.16. The number of hydrogen-bond acceptors (Lipinski definition) is 4. The maximum absolute atomic E-state index is 12.4. The van der Waals surface area contributed by atoms with E-state index in [1.165, 1.54) is 0 Å². The number of benzene rings is 2. The number of rotatable bonds is 8. The minimum Gasteiger partial charge on any atom is -0.497 e.